The lowest BCUT2D eigenvalue weighted by atomic mass is 10.1. The molecule has 0 bridgehead atoms. The van der Waals surface area contributed by atoms with E-state index in [0.717, 1.165) is 4.90 Å². The maximum absolute atomic E-state index is 11.6. The number of amides is 3. The molecule has 0 spiro atoms. The summed E-state index contributed by atoms with van der Waals surface area (Å²) in [6.45, 7) is 3.29. The number of carbonyl (C=O) groups is 3. The summed E-state index contributed by atoms with van der Waals surface area (Å²) in [7, 11) is 1.26. The summed E-state index contributed by atoms with van der Waals surface area (Å²) in [6, 6.07) is -0.464. The van der Waals surface area contributed by atoms with Gasteiger partial charge in [0.15, 0.2) is 0 Å². The van der Waals surface area contributed by atoms with Gasteiger partial charge < -0.3 is 10.1 Å². The van der Waals surface area contributed by atoms with E-state index in [1.807, 2.05) is 0 Å². The fraction of sp³-hybridized carbons (Fsp3) is 0.667. The smallest absolute Gasteiger partial charge is 0.325 e. The van der Waals surface area contributed by atoms with E-state index in [4.69, 9.17) is 0 Å². The second-order valence-electron chi connectivity index (χ2n) is 3.84. The van der Waals surface area contributed by atoms with E-state index >= 15 is 0 Å². The quantitative estimate of drug-likeness (QED) is 0.525. The molecule has 0 aliphatic carbocycles. The van der Waals surface area contributed by atoms with Crippen LogP contribution in [0.1, 0.15) is 20.3 Å². The molecule has 1 fully saturated rings. The van der Waals surface area contributed by atoms with Crippen molar-refractivity contribution in [1.82, 2.24) is 10.2 Å². The Labute approximate surface area is 87.6 Å². The number of urea groups is 1. The van der Waals surface area contributed by atoms with Gasteiger partial charge in [-0.05, 0) is 13.8 Å². The molecule has 0 saturated carbocycles. The fourth-order valence-electron chi connectivity index (χ4n) is 1.33. The molecule has 15 heavy (non-hydrogen) atoms. The van der Waals surface area contributed by atoms with Crippen molar-refractivity contribution >= 4 is 17.9 Å². The highest BCUT2D eigenvalue weighted by Gasteiger charge is 2.43. The molecule has 84 valence electrons. The summed E-state index contributed by atoms with van der Waals surface area (Å²) in [6.07, 6.45) is 0.0196. The zero-order valence-corrected chi connectivity index (χ0v) is 8.99. The third-order valence-corrected chi connectivity index (χ3v) is 2.21. The number of esters is 1. The first-order valence-electron chi connectivity index (χ1n) is 4.59. The Balaban J connectivity index is 2.60. The maximum Gasteiger partial charge on any atom is 0.325 e. The van der Waals surface area contributed by atoms with Gasteiger partial charge in [0.2, 0.25) is 0 Å². The van der Waals surface area contributed by atoms with Gasteiger partial charge in [0.05, 0.1) is 13.5 Å². The van der Waals surface area contributed by atoms with Crippen LogP contribution in [0.25, 0.3) is 0 Å². The fourth-order valence-corrected chi connectivity index (χ4v) is 1.33. The first kappa shape index (κ1) is 11.5. The van der Waals surface area contributed by atoms with Gasteiger partial charge in [-0.3, -0.25) is 14.5 Å². The van der Waals surface area contributed by atoms with Crippen LogP contribution in [0, 0.1) is 0 Å². The first-order valence-corrected chi connectivity index (χ1v) is 4.59. The minimum atomic E-state index is -0.882. The molecule has 0 atom stereocenters. The Bertz CT molecular complexity index is 311. The van der Waals surface area contributed by atoms with Gasteiger partial charge in [-0.15, -0.1) is 0 Å². The van der Waals surface area contributed by atoms with Crippen LogP contribution in [-0.2, 0) is 14.3 Å². The average molecular weight is 214 g/mol. The number of nitrogens with one attached hydrogen (secondary N) is 1. The number of carbonyl (C=O) groups excluding carboxylic acids is 3. The van der Waals surface area contributed by atoms with E-state index < -0.39 is 17.5 Å². The van der Waals surface area contributed by atoms with Crippen molar-refractivity contribution in [3.05, 3.63) is 0 Å². The van der Waals surface area contributed by atoms with Crippen LogP contribution < -0.4 is 5.32 Å². The van der Waals surface area contributed by atoms with Crippen molar-refractivity contribution < 1.29 is 19.1 Å². The molecule has 1 rings (SSSR count). The number of hydrogen-bond donors (Lipinski definition) is 1. The second-order valence-corrected chi connectivity index (χ2v) is 3.84. The third-order valence-electron chi connectivity index (χ3n) is 2.21. The minimum absolute atomic E-state index is 0.0196. The summed E-state index contributed by atoms with van der Waals surface area (Å²) < 4.78 is 4.42. The number of rotatable bonds is 3. The Morgan fingerprint density at radius 1 is 1.47 bits per heavy atom. The summed E-state index contributed by atoms with van der Waals surface area (Å²) in [4.78, 5) is 34.8. The van der Waals surface area contributed by atoms with Crippen molar-refractivity contribution in [3.63, 3.8) is 0 Å². The van der Waals surface area contributed by atoms with Crippen molar-refractivity contribution in [2.24, 2.45) is 0 Å². The van der Waals surface area contributed by atoms with Crippen molar-refractivity contribution in [1.29, 1.82) is 0 Å². The lowest BCUT2D eigenvalue weighted by Crippen LogP contribution is -2.40. The lowest BCUT2D eigenvalue weighted by molar-refractivity contribution is -0.141. The van der Waals surface area contributed by atoms with E-state index in [2.05, 4.69) is 10.1 Å². The third kappa shape index (κ3) is 2.26. The molecule has 1 saturated heterocycles. The van der Waals surface area contributed by atoms with Gasteiger partial charge in [-0.1, -0.05) is 0 Å². The predicted octanol–water partition coefficient (Wildman–Crippen LogP) is -0.120. The van der Waals surface area contributed by atoms with Gasteiger partial charge in [0.25, 0.3) is 5.91 Å². The molecule has 3 amide bonds. The Morgan fingerprint density at radius 3 is 2.47 bits per heavy atom. The van der Waals surface area contributed by atoms with Crippen molar-refractivity contribution in [2.75, 3.05) is 13.7 Å². The molecule has 1 aliphatic heterocycles. The highest BCUT2D eigenvalue weighted by molar-refractivity contribution is 6.06. The summed E-state index contributed by atoms with van der Waals surface area (Å²) in [5.74, 6) is -0.767. The van der Waals surface area contributed by atoms with Crippen LogP contribution in [0.3, 0.4) is 0 Å². The average Bonchev–Trinajstić information content (AvgIpc) is 2.34. The van der Waals surface area contributed by atoms with Crippen molar-refractivity contribution in [3.8, 4) is 0 Å². The highest BCUT2D eigenvalue weighted by Crippen LogP contribution is 2.16. The van der Waals surface area contributed by atoms with Crippen LogP contribution >= 0.6 is 0 Å². The molecule has 0 aromatic rings. The highest BCUT2D eigenvalue weighted by atomic mass is 16.5. The standard InChI is InChI=1S/C9H14N2O4/c1-9(2)7(13)11(8(14)10-9)5-4-6(12)15-3/h4-5H2,1-3H3,(H,10,14). The largest absolute Gasteiger partial charge is 0.469 e. The van der Waals surface area contributed by atoms with Gasteiger partial charge >= 0.3 is 12.0 Å². The van der Waals surface area contributed by atoms with Gasteiger partial charge in [0, 0.05) is 6.54 Å². The zero-order chi connectivity index (χ0) is 11.6. The molecule has 1 aliphatic rings. The summed E-state index contributed by atoms with van der Waals surface area (Å²) in [5.41, 5.74) is -0.882. The topological polar surface area (TPSA) is 75.7 Å². The monoisotopic (exact) mass is 214 g/mol. The van der Waals surface area contributed by atoms with Gasteiger partial charge in [-0.25, -0.2) is 4.79 Å². The van der Waals surface area contributed by atoms with Crippen LogP contribution in [0.5, 0.6) is 0 Å². The molecule has 1 heterocycles. The Kier molecular flexibility index (Phi) is 2.97. The number of nitrogens with zero attached hydrogens (tertiary/aromatic N) is 1. The minimum Gasteiger partial charge on any atom is -0.469 e. The summed E-state index contributed by atoms with van der Waals surface area (Å²) >= 11 is 0. The molecule has 0 aromatic heterocycles. The summed E-state index contributed by atoms with van der Waals surface area (Å²) in [5, 5.41) is 2.52. The maximum atomic E-state index is 11.6. The van der Waals surface area contributed by atoms with Gasteiger partial charge in [0.1, 0.15) is 5.54 Å². The van der Waals surface area contributed by atoms with E-state index in [1.54, 1.807) is 13.8 Å². The number of hydrogen-bond acceptors (Lipinski definition) is 4. The Hall–Kier alpha value is -1.59. The van der Waals surface area contributed by atoms with Crippen LogP contribution in [0.15, 0.2) is 0 Å². The first-order chi connectivity index (χ1) is 6.88. The predicted molar refractivity (Wildman–Crippen MR) is 51.0 cm³/mol. The number of ether oxygens (including phenoxy) is 1. The van der Waals surface area contributed by atoms with E-state index in [0.29, 0.717) is 0 Å². The van der Waals surface area contributed by atoms with Gasteiger partial charge in [-0.2, -0.15) is 0 Å². The lowest BCUT2D eigenvalue weighted by Gasteiger charge is -2.15. The SMILES string of the molecule is COC(=O)CCN1C(=O)NC(C)(C)C1=O. The molecule has 1 N–H and O–H groups in total. The van der Waals surface area contributed by atoms with Crippen LogP contribution in [0.4, 0.5) is 4.79 Å². The van der Waals surface area contributed by atoms with E-state index in [-0.39, 0.29) is 18.9 Å². The Morgan fingerprint density at radius 2 is 2.07 bits per heavy atom. The van der Waals surface area contributed by atoms with Crippen LogP contribution in [-0.4, -0.2) is 42.0 Å². The normalized spacial score (nSPS) is 19.0. The van der Waals surface area contributed by atoms with Crippen molar-refractivity contribution in [2.45, 2.75) is 25.8 Å². The van der Waals surface area contributed by atoms with E-state index in [9.17, 15) is 14.4 Å². The zero-order valence-electron chi connectivity index (χ0n) is 8.99. The number of imide groups is 1. The second kappa shape index (κ2) is 3.88. The molecule has 0 aromatic carbocycles. The molecular formula is C9H14N2O4. The molecule has 0 radical (unpaired) electrons. The van der Waals surface area contributed by atoms with Crippen LogP contribution in [0.2, 0.25) is 0 Å². The number of methoxy groups -OCH3 is 1. The van der Waals surface area contributed by atoms with E-state index in [1.165, 1.54) is 7.11 Å². The molecule has 6 heteroatoms. The molecule has 0 unspecified atom stereocenters. The molecule has 6 nitrogen and oxygen atoms in total. The molecular weight excluding hydrogens is 200 g/mol.